The highest BCUT2D eigenvalue weighted by molar-refractivity contribution is 14.0. The van der Waals surface area contributed by atoms with E-state index in [0.717, 1.165) is 19.5 Å². The van der Waals surface area contributed by atoms with E-state index in [2.05, 4.69) is 32.3 Å². The molecule has 0 unspecified atom stereocenters. The molecule has 0 radical (unpaired) electrons. The highest BCUT2D eigenvalue weighted by Crippen LogP contribution is 2.04. The van der Waals surface area contributed by atoms with Crippen LogP contribution in [0.4, 0.5) is 0 Å². The highest BCUT2D eigenvalue weighted by Gasteiger charge is 2.12. The second-order valence-electron chi connectivity index (χ2n) is 4.27. The van der Waals surface area contributed by atoms with Crippen molar-refractivity contribution in [3.05, 3.63) is 24.5 Å². The van der Waals surface area contributed by atoms with Gasteiger partial charge in [-0.1, -0.05) is 6.92 Å². The maximum Gasteiger partial charge on any atom is 0.242 e. The molecule has 1 aromatic heterocycles. The van der Waals surface area contributed by atoms with Gasteiger partial charge in [-0.15, -0.1) is 24.0 Å². The fourth-order valence-electron chi connectivity index (χ4n) is 1.52. The van der Waals surface area contributed by atoms with Gasteiger partial charge in [0.05, 0.1) is 0 Å². The fourth-order valence-corrected chi connectivity index (χ4v) is 2.52. The van der Waals surface area contributed by atoms with Crippen molar-refractivity contribution in [1.29, 1.82) is 0 Å². The van der Waals surface area contributed by atoms with Gasteiger partial charge in [-0.25, -0.2) is 13.1 Å². The van der Waals surface area contributed by atoms with Gasteiger partial charge in [0.2, 0.25) is 10.0 Å². The van der Waals surface area contributed by atoms with E-state index < -0.39 is 10.0 Å². The predicted octanol–water partition coefficient (Wildman–Crippen LogP) is 0.943. The number of nitrogens with one attached hydrogen (secondary N) is 3. The maximum absolute atomic E-state index is 11.9. The number of aromatic nitrogens is 1. The molecule has 0 bridgehead atoms. The highest BCUT2D eigenvalue weighted by atomic mass is 127. The first-order valence-electron chi connectivity index (χ1n) is 7.02. The van der Waals surface area contributed by atoms with Crippen molar-refractivity contribution >= 4 is 40.0 Å². The van der Waals surface area contributed by atoms with Gasteiger partial charge in [0, 0.05) is 38.6 Å². The number of pyridine rings is 1. The Morgan fingerprint density at radius 3 is 2.64 bits per heavy atom. The number of guanidine groups is 1. The Hall–Kier alpha value is -0.940. The van der Waals surface area contributed by atoms with E-state index in [1.165, 1.54) is 18.5 Å². The Balaban J connectivity index is 0.00000441. The largest absolute Gasteiger partial charge is 0.357 e. The first kappa shape index (κ1) is 21.1. The normalized spacial score (nSPS) is 11.6. The molecule has 0 aliphatic heterocycles. The van der Waals surface area contributed by atoms with Crippen LogP contribution in [0.25, 0.3) is 0 Å². The minimum absolute atomic E-state index is 0. The number of sulfonamides is 1. The van der Waals surface area contributed by atoms with E-state index in [-0.39, 0.29) is 35.4 Å². The Morgan fingerprint density at radius 2 is 2.05 bits per heavy atom. The number of nitrogens with zero attached hydrogens (tertiary/aromatic N) is 2. The van der Waals surface area contributed by atoms with E-state index in [9.17, 15) is 8.42 Å². The van der Waals surface area contributed by atoms with Crippen molar-refractivity contribution in [2.24, 2.45) is 4.99 Å². The Kier molecular flexibility index (Phi) is 11.1. The van der Waals surface area contributed by atoms with Crippen molar-refractivity contribution in [2.75, 3.05) is 26.2 Å². The van der Waals surface area contributed by atoms with Gasteiger partial charge in [0.15, 0.2) is 5.96 Å². The molecule has 0 fully saturated rings. The summed E-state index contributed by atoms with van der Waals surface area (Å²) in [5.41, 5.74) is 0. The van der Waals surface area contributed by atoms with Gasteiger partial charge in [-0.05, 0) is 25.5 Å². The number of aliphatic imine (C=N–C) groups is 1. The van der Waals surface area contributed by atoms with Crippen LogP contribution in [0.3, 0.4) is 0 Å². The third-order valence-electron chi connectivity index (χ3n) is 2.49. The van der Waals surface area contributed by atoms with E-state index in [4.69, 9.17) is 0 Å². The van der Waals surface area contributed by atoms with Gasteiger partial charge < -0.3 is 10.6 Å². The number of halogens is 1. The molecular weight excluding hydrogens is 417 g/mol. The molecule has 126 valence electrons. The SMILES string of the molecule is CCCN=C(NCC)NCCNS(=O)(=O)c1cccnc1.I. The van der Waals surface area contributed by atoms with Crippen molar-refractivity contribution in [3.8, 4) is 0 Å². The maximum atomic E-state index is 11.9. The molecular formula is C13H24IN5O2S. The summed E-state index contributed by atoms with van der Waals surface area (Å²) >= 11 is 0. The summed E-state index contributed by atoms with van der Waals surface area (Å²) in [6.45, 7) is 6.25. The van der Waals surface area contributed by atoms with Gasteiger partial charge in [0.1, 0.15) is 4.90 Å². The van der Waals surface area contributed by atoms with Crippen molar-refractivity contribution < 1.29 is 8.42 Å². The van der Waals surface area contributed by atoms with Crippen LogP contribution in [-0.2, 0) is 10.0 Å². The zero-order chi connectivity index (χ0) is 15.6. The first-order valence-corrected chi connectivity index (χ1v) is 8.50. The second-order valence-corrected chi connectivity index (χ2v) is 6.04. The molecule has 0 aliphatic carbocycles. The van der Waals surface area contributed by atoms with Crippen LogP contribution in [0.5, 0.6) is 0 Å². The van der Waals surface area contributed by atoms with E-state index in [1.807, 2.05) is 6.92 Å². The summed E-state index contributed by atoms with van der Waals surface area (Å²) in [6, 6.07) is 3.10. The number of rotatable bonds is 8. The molecule has 3 N–H and O–H groups in total. The zero-order valence-electron chi connectivity index (χ0n) is 12.9. The minimum Gasteiger partial charge on any atom is -0.357 e. The molecule has 0 spiro atoms. The summed E-state index contributed by atoms with van der Waals surface area (Å²) in [7, 11) is -3.50. The third-order valence-corrected chi connectivity index (χ3v) is 3.94. The molecule has 0 amide bonds. The van der Waals surface area contributed by atoms with Crippen LogP contribution in [0.15, 0.2) is 34.4 Å². The van der Waals surface area contributed by atoms with Crippen LogP contribution in [-0.4, -0.2) is 45.5 Å². The van der Waals surface area contributed by atoms with Crippen LogP contribution < -0.4 is 15.4 Å². The molecule has 1 heterocycles. The van der Waals surface area contributed by atoms with Crippen LogP contribution in [0.1, 0.15) is 20.3 Å². The van der Waals surface area contributed by atoms with E-state index >= 15 is 0 Å². The van der Waals surface area contributed by atoms with Gasteiger partial charge in [0.25, 0.3) is 0 Å². The number of hydrogen-bond donors (Lipinski definition) is 3. The lowest BCUT2D eigenvalue weighted by Crippen LogP contribution is -2.41. The van der Waals surface area contributed by atoms with Crippen molar-refractivity contribution in [3.63, 3.8) is 0 Å². The monoisotopic (exact) mass is 441 g/mol. The topological polar surface area (TPSA) is 95.5 Å². The summed E-state index contributed by atoms with van der Waals surface area (Å²) in [6.07, 6.45) is 3.82. The molecule has 0 saturated heterocycles. The molecule has 7 nitrogen and oxygen atoms in total. The van der Waals surface area contributed by atoms with Crippen molar-refractivity contribution in [2.45, 2.75) is 25.2 Å². The lowest BCUT2D eigenvalue weighted by molar-refractivity contribution is 0.580. The fraction of sp³-hybridized carbons (Fsp3) is 0.538. The molecule has 0 atom stereocenters. The standard InChI is InChI=1S/C13H23N5O2S.HI/c1-3-7-16-13(15-4-2)17-9-10-18-21(19,20)12-6-5-8-14-11-12;/h5-6,8,11,18H,3-4,7,9-10H2,1-2H3,(H2,15,16,17);1H. The van der Waals surface area contributed by atoms with E-state index in [0.29, 0.717) is 12.5 Å². The van der Waals surface area contributed by atoms with Crippen molar-refractivity contribution in [1.82, 2.24) is 20.3 Å². The van der Waals surface area contributed by atoms with Gasteiger partial charge in [-0.2, -0.15) is 0 Å². The van der Waals surface area contributed by atoms with Gasteiger partial charge in [-0.3, -0.25) is 9.98 Å². The molecule has 1 aromatic rings. The molecule has 0 aliphatic rings. The Bertz CT molecular complexity index is 537. The zero-order valence-corrected chi connectivity index (χ0v) is 16.0. The average Bonchev–Trinajstić information content (AvgIpc) is 2.50. The van der Waals surface area contributed by atoms with Crippen LogP contribution >= 0.6 is 24.0 Å². The Morgan fingerprint density at radius 1 is 1.27 bits per heavy atom. The van der Waals surface area contributed by atoms with E-state index in [1.54, 1.807) is 6.07 Å². The Labute approximate surface area is 149 Å². The summed E-state index contributed by atoms with van der Waals surface area (Å²) in [4.78, 5) is 8.30. The summed E-state index contributed by atoms with van der Waals surface area (Å²) in [5, 5.41) is 6.17. The summed E-state index contributed by atoms with van der Waals surface area (Å²) < 4.78 is 26.4. The smallest absolute Gasteiger partial charge is 0.242 e. The minimum atomic E-state index is -3.50. The third kappa shape index (κ3) is 7.90. The molecule has 1 rings (SSSR count). The summed E-state index contributed by atoms with van der Waals surface area (Å²) in [5.74, 6) is 0.694. The predicted molar refractivity (Wildman–Crippen MR) is 99.1 cm³/mol. The van der Waals surface area contributed by atoms with Crippen LogP contribution in [0.2, 0.25) is 0 Å². The average molecular weight is 441 g/mol. The van der Waals surface area contributed by atoms with Gasteiger partial charge >= 0.3 is 0 Å². The first-order chi connectivity index (χ1) is 10.1. The number of hydrogen-bond acceptors (Lipinski definition) is 4. The molecule has 9 heteroatoms. The lowest BCUT2D eigenvalue weighted by atomic mass is 10.5. The molecule has 22 heavy (non-hydrogen) atoms. The molecule has 0 aromatic carbocycles. The molecule has 0 saturated carbocycles. The van der Waals surface area contributed by atoms with Crippen LogP contribution in [0, 0.1) is 0 Å². The lowest BCUT2D eigenvalue weighted by Gasteiger charge is -2.11. The quantitative estimate of drug-likeness (QED) is 0.242. The second kappa shape index (κ2) is 11.6.